The average Bonchev–Trinajstić information content (AvgIpc) is 2.38. The Labute approximate surface area is 108 Å². The summed E-state index contributed by atoms with van der Waals surface area (Å²) in [5, 5.41) is 17.8. The fourth-order valence-corrected chi connectivity index (χ4v) is 1.37. The zero-order valence-electron chi connectivity index (χ0n) is 10.1. The smallest absolute Gasteiger partial charge is 0.372 e. The molecule has 0 aromatic heterocycles. The quantitative estimate of drug-likeness (QED) is 0.476. The lowest BCUT2D eigenvalue weighted by Crippen LogP contribution is -2.17. The van der Waals surface area contributed by atoms with Crippen LogP contribution in [0.25, 0.3) is 0 Å². The average molecular weight is 264 g/mol. The summed E-state index contributed by atoms with van der Waals surface area (Å²) in [7, 11) is 0. The van der Waals surface area contributed by atoms with Crippen molar-refractivity contribution in [3.8, 4) is 0 Å². The topological polar surface area (TPSA) is 101 Å². The highest BCUT2D eigenvalue weighted by atomic mass is 16.6. The molecule has 1 aromatic carbocycles. The third kappa shape index (κ3) is 3.67. The fraction of sp³-hybridized carbons (Fsp3) is 0.154. The van der Waals surface area contributed by atoms with Gasteiger partial charge in [-0.25, -0.2) is 14.4 Å². The van der Waals surface area contributed by atoms with Crippen LogP contribution in [0.5, 0.6) is 0 Å². The first-order valence-corrected chi connectivity index (χ1v) is 5.44. The maximum absolute atomic E-state index is 11.7. The number of rotatable bonds is 5. The number of esters is 1. The van der Waals surface area contributed by atoms with Gasteiger partial charge in [-0.05, 0) is 18.6 Å². The van der Waals surface area contributed by atoms with E-state index in [-0.39, 0.29) is 12.0 Å². The van der Waals surface area contributed by atoms with Crippen LogP contribution >= 0.6 is 0 Å². The summed E-state index contributed by atoms with van der Waals surface area (Å²) in [6.45, 7) is 1.46. The van der Waals surface area contributed by atoms with Crippen molar-refractivity contribution in [2.45, 2.75) is 13.3 Å². The fourth-order valence-electron chi connectivity index (χ4n) is 1.37. The molecular formula is C13H12O6. The minimum absolute atomic E-state index is 0.0704. The van der Waals surface area contributed by atoms with E-state index in [2.05, 4.69) is 4.74 Å². The minimum atomic E-state index is -1.59. The van der Waals surface area contributed by atoms with E-state index in [9.17, 15) is 14.4 Å². The van der Waals surface area contributed by atoms with Gasteiger partial charge in [-0.2, -0.15) is 0 Å². The molecule has 0 unspecified atom stereocenters. The lowest BCUT2D eigenvalue weighted by molar-refractivity contribution is -0.138. The van der Waals surface area contributed by atoms with Crippen molar-refractivity contribution < 1.29 is 29.3 Å². The number of ether oxygens (including phenoxy) is 1. The molecule has 100 valence electrons. The number of carboxylic acids is 2. The third-order valence-electron chi connectivity index (χ3n) is 2.28. The molecule has 0 fully saturated rings. The number of benzene rings is 1. The summed E-state index contributed by atoms with van der Waals surface area (Å²) in [6.07, 6.45) is -0.0704. The molecule has 0 spiro atoms. The molecule has 0 atom stereocenters. The van der Waals surface area contributed by atoms with Crippen LogP contribution in [0.15, 0.2) is 41.7 Å². The van der Waals surface area contributed by atoms with Crippen molar-refractivity contribution in [2.75, 3.05) is 0 Å². The van der Waals surface area contributed by atoms with Crippen LogP contribution in [0, 0.1) is 0 Å². The molecule has 0 aliphatic carbocycles. The van der Waals surface area contributed by atoms with Crippen LogP contribution in [0.1, 0.15) is 23.7 Å². The first kappa shape index (κ1) is 14.4. The second-order valence-electron chi connectivity index (χ2n) is 3.53. The van der Waals surface area contributed by atoms with E-state index in [1.165, 1.54) is 19.1 Å². The second kappa shape index (κ2) is 6.34. The zero-order chi connectivity index (χ0) is 14.4. The molecule has 1 aromatic rings. The summed E-state index contributed by atoms with van der Waals surface area (Å²) in [5.74, 6) is -4.79. The normalized spacial score (nSPS) is 11.4. The van der Waals surface area contributed by atoms with Gasteiger partial charge >= 0.3 is 17.9 Å². The van der Waals surface area contributed by atoms with Gasteiger partial charge in [-0.1, -0.05) is 25.1 Å². The molecule has 2 N–H and O–H groups in total. The van der Waals surface area contributed by atoms with Crippen LogP contribution in [-0.4, -0.2) is 28.1 Å². The van der Waals surface area contributed by atoms with Crippen molar-refractivity contribution >= 4 is 17.9 Å². The van der Waals surface area contributed by atoms with E-state index in [4.69, 9.17) is 10.2 Å². The number of hydrogen-bond acceptors (Lipinski definition) is 4. The van der Waals surface area contributed by atoms with Gasteiger partial charge < -0.3 is 14.9 Å². The maximum Gasteiger partial charge on any atom is 0.372 e. The first-order valence-electron chi connectivity index (χ1n) is 5.44. The highest BCUT2D eigenvalue weighted by Crippen LogP contribution is 2.14. The molecule has 0 aliphatic heterocycles. The number of aliphatic carboxylic acids is 2. The van der Waals surface area contributed by atoms with Crippen molar-refractivity contribution in [2.24, 2.45) is 0 Å². The van der Waals surface area contributed by atoms with Crippen LogP contribution in [0.4, 0.5) is 0 Å². The van der Waals surface area contributed by atoms with Gasteiger partial charge in [-0.3, -0.25) is 0 Å². The Morgan fingerprint density at radius 3 is 2.05 bits per heavy atom. The van der Waals surface area contributed by atoms with Crippen molar-refractivity contribution in [1.29, 1.82) is 0 Å². The molecule has 0 saturated carbocycles. The number of carboxylic acid groups (broad SMARTS) is 2. The van der Waals surface area contributed by atoms with Crippen LogP contribution in [0.3, 0.4) is 0 Å². The van der Waals surface area contributed by atoms with E-state index in [0.717, 1.165) is 0 Å². The monoisotopic (exact) mass is 264 g/mol. The molecule has 6 nitrogen and oxygen atoms in total. The van der Waals surface area contributed by atoms with E-state index in [0.29, 0.717) is 0 Å². The SMILES string of the molecule is CC/C(C(=O)O)=C(\OC(=O)c1ccccc1)C(=O)O. The summed E-state index contributed by atoms with van der Waals surface area (Å²) in [6, 6.07) is 7.72. The Kier molecular flexibility index (Phi) is 4.82. The van der Waals surface area contributed by atoms with Crippen molar-refractivity contribution in [3.63, 3.8) is 0 Å². The Hall–Kier alpha value is -2.63. The summed E-state index contributed by atoms with van der Waals surface area (Å²) in [5.41, 5.74) is -0.320. The Balaban J connectivity index is 3.08. The van der Waals surface area contributed by atoms with Gasteiger partial charge in [0.2, 0.25) is 5.76 Å². The van der Waals surface area contributed by atoms with Gasteiger partial charge in [-0.15, -0.1) is 0 Å². The molecule has 1 rings (SSSR count). The van der Waals surface area contributed by atoms with Gasteiger partial charge in [0.15, 0.2) is 0 Å². The minimum Gasteiger partial charge on any atom is -0.478 e. The van der Waals surface area contributed by atoms with Crippen molar-refractivity contribution in [1.82, 2.24) is 0 Å². The largest absolute Gasteiger partial charge is 0.478 e. The Bertz CT molecular complexity index is 529. The summed E-state index contributed by atoms with van der Waals surface area (Å²) >= 11 is 0. The third-order valence-corrected chi connectivity index (χ3v) is 2.28. The lowest BCUT2D eigenvalue weighted by Gasteiger charge is -2.08. The second-order valence-corrected chi connectivity index (χ2v) is 3.53. The predicted octanol–water partition coefficient (Wildman–Crippen LogP) is 1.68. The molecule has 0 heterocycles. The highest BCUT2D eigenvalue weighted by Gasteiger charge is 2.23. The molecule has 0 aliphatic rings. The number of carbonyl (C=O) groups excluding carboxylic acids is 1. The van der Waals surface area contributed by atoms with Crippen LogP contribution in [-0.2, 0) is 14.3 Å². The van der Waals surface area contributed by atoms with Crippen LogP contribution in [0.2, 0.25) is 0 Å². The van der Waals surface area contributed by atoms with Gasteiger partial charge in [0, 0.05) is 0 Å². The van der Waals surface area contributed by atoms with E-state index >= 15 is 0 Å². The Morgan fingerprint density at radius 1 is 1.05 bits per heavy atom. The predicted molar refractivity (Wildman–Crippen MR) is 64.4 cm³/mol. The highest BCUT2D eigenvalue weighted by molar-refractivity contribution is 6.00. The zero-order valence-corrected chi connectivity index (χ0v) is 10.1. The molecule has 0 amide bonds. The lowest BCUT2D eigenvalue weighted by atomic mass is 10.1. The first-order chi connectivity index (χ1) is 8.97. The number of carbonyl (C=O) groups is 3. The molecule has 0 saturated heterocycles. The Morgan fingerprint density at radius 2 is 1.63 bits per heavy atom. The molecule has 19 heavy (non-hydrogen) atoms. The standard InChI is InChI=1S/C13H12O6/c1-2-9(11(14)15)10(12(16)17)19-13(18)8-6-4-3-5-7-8/h3-7H,2H2,1H3,(H,14,15)(H,16,17)/b10-9+. The molecular weight excluding hydrogens is 252 g/mol. The molecule has 6 heteroatoms. The van der Waals surface area contributed by atoms with Gasteiger partial charge in [0.25, 0.3) is 0 Å². The number of hydrogen-bond donors (Lipinski definition) is 2. The van der Waals surface area contributed by atoms with E-state index in [1.807, 2.05) is 0 Å². The molecule has 0 bridgehead atoms. The van der Waals surface area contributed by atoms with Crippen molar-refractivity contribution in [3.05, 3.63) is 47.2 Å². The van der Waals surface area contributed by atoms with Gasteiger partial charge in [0.05, 0.1) is 11.1 Å². The van der Waals surface area contributed by atoms with E-state index < -0.39 is 29.2 Å². The summed E-state index contributed by atoms with van der Waals surface area (Å²) in [4.78, 5) is 33.5. The molecule has 0 radical (unpaired) electrons. The van der Waals surface area contributed by atoms with Gasteiger partial charge in [0.1, 0.15) is 0 Å². The van der Waals surface area contributed by atoms with E-state index in [1.54, 1.807) is 18.2 Å². The summed E-state index contributed by atoms with van der Waals surface area (Å²) < 4.78 is 4.67. The van der Waals surface area contributed by atoms with Crippen LogP contribution < -0.4 is 0 Å². The maximum atomic E-state index is 11.7.